The van der Waals surface area contributed by atoms with Crippen molar-refractivity contribution in [3.8, 4) is 0 Å². The molecule has 0 heterocycles. The highest BCUT2D eigenvalue weighted by atomic mass is 35.5. The molecule has 2 N–H and O–H groups in total. The Morgan fingerprint density at radius 2 is 2.07 bits per heavy atom. The Kier molecular flexibility index (Phi) is 2.80. The summed E-state index contributed by atoms with van der Waals surface area (Å²) < 4.78 is 17.9. The maximum atomic E-state index is 13.1. The summed E-state index contributed by atoms with van der Waals surface area (Å²) in [5, 5.41) is 0. The average Bonchev–Trinajstić information content (AvgIpc) is 1.96. The van der Waals surface area contributed by atoms with Crippen LogP contribution in [0.3, 0.4) is 0 Å². The summed E-state index contributed by atoms with van der Waals surface area (Å²) in [7, 11) is 0. The molecule has 3 nitrogen and oxygen atoms in total. The topological polar surface area (TPSA) is 52.3 Å². The Hall–Kier alpha value is -0.350. The van der Waals surface area contributed by atoms with Crippen molar-refractivity contribution in [1.82, 2.24) is 0 Å². The molecule has 1 unspecified atom stereocenters. The van der Waals surface area contributed by atoms with Gasteiger partial charge in [0.15, 0.2) is 0 Å². The number of carbonyl (C=O) groups excluding carboxylic acids is 1. The molecule has 0 spiro atoms. The molecule has 0 aliphatic heterocycles. The summed E-state index contributed by atoms with van der Waals surface area (Å²) in [4.78, 5) is 11.2. The molecule has 3 saturated carbocycles. The lowest BCUT2D eigenvalue weighted by atomic mass is 9.40. The van der Waals surface area contributed by atoms with Crippen molar-refractivity contribution in [2.75, 3.05) is 6.61 Å². The van der Waals surface area contributed by atoms with Crippen LogP contribution >= 0.6 is 12.4 Å². The van der Waals surface area contributed by atoms with Crippen molar-refractivity contribution >= 4 is 18.4 Å². The molecule has 14 heavy (non-hydrogen) atoms. The van der Waals surface area contributed by atoms with E-state index in [-0.39, 0.29) is 23.8 Å². The minimum Gasteiger partial charge on any atom is -0.465 e. The zero-order valence-electron chi connectivity index (χ0n) is 8.09. The number of nitrogens with two attached hydrogens (primary N) is 1. The quantitative estimate of drug-likeness (QED) is 0.732. The maximum Gasteiger partial charge on any atom is 0.323 e. The van der Waals surface area contributed by atoms with E-state index in [1.165, 1.54) is 0 Å². The highest BCUT2D eigenvalue weighted by Gasteiger charge is 2.72. The molecule has 3 aliphatic rings. The van der Waals surface area contributed by atoms with Gasteiger partial charge in [-0.3, -0.25) is 4.79 Å². The number of hydrogen-bond donors (Lipinski definition) is 1. The smallest absolute Gasteiger partial charge is 0.323 e. The van der Waals surface area contributed by atoms with Crippen LogP contribution in [0.1, 0.15) is 26.2 Å². The van der Waals surface area contributed by atoms with Crippen molar-refractivity contribution in [3.05, 3.63) is 0 Å². The fraction of sp³-hybridized carbons (Fsp3) is 0.889. The van der Waals surface area contributed by atoms with Gasteiger partial charge in [0.2, 0.25) is 0 Å². The number of esters is 1. The Morgan fingerprint density at radius 3 is 2.43 bits per heavy atom. The third-order valence-corrected chi connectivity index (χ3v) is 3.21. The van der Waals surface area contributed by atoms with Crippen LogP contribution in [0.2, 0.25) is 0 Å². The van der Waals surface area contributed by atoms with Crippen molar-refractivity contribution in [2.24, 2.45) is 11.1 Å². The van der Waals surface area contributed by atoms with Gasteiger partial charge in [0.1, 0.15) is 11.7 Å². The van der Waals surface area contributed by atoms with E-state index in [1.807, 2.05) is 0 Å². The lowest BCUT2D eigenvalue weighted by molar-refractivity contribution is -0.228. The van der Waals surface area contributed by atoms with Crippen LogP contribution in [0, 0.1) is 5.41 Å². The van der Waals surface area contributed by atoms with Gasteiger partial charge in [-0.25, -0.2) is 4.39 Å². The zero-order chi connectivity index (χ0) is 9.69. The number of hydrogen-bond acceptors (Lipinski definition) is 3. The Balaban J connectivity index is 0.000000980. The molecular formula is C9H15ClFNO2. The molecular weight excluding hydrogens is 209 g/mol. The van der Waals surface area contributed by atoms with Crippen LogP contribution in [0.15, 0.2) is 0 Å². The van der Waals surface area contributed by atoms with E-state index in [4.69, 9.17) is 10.5 Å². The molecule has 0 radical (unpaired) electrons. The summed E-state index contributed by atoms with van der Waals surface area (Å²) in [6.07, 6.45) is 1.33. The van der Waals surface area contributed by atoms with Crippen molar-refractivity contribution in [2.45, 2.75) is 37.9 Å². The van der Waals surface area contributed by atoms with Gasteiger partial charge in [-0.05, 0) is 26.2 Å². The van der Waals surface area contributed by atoms with Gasteiger partial charge >= 0.3 is 5.97 Å². The first-order valence-electron chi connectivity index (χ1n) is 4.63. The molecule has 1 atom stereocenters. The Bertz CT molecular complexity index is 239. The Labute approximate surface area is 88.6 Å². The van der Waals surface area contributed by atoms with Gasteiger partial charge in [-0.15, -0.1) is 12.4 Å². The van der Waals surface area contributed by atoms with Gasteiger partial charge in [-0.1, -0.05) is 0 Å². The minimum absolute atomic E-state index is 0. The van der Waals surface area contributed by atoms with Crippen molar-refractivity contribution < 1.29 is 13.9 Å². The predicted molar refractivity (Wildman–Crippen MR) is 52.0 cm³/mol. The van der Waals surface area contributed by atoms with Crippen LogP contribution in [0.5, 0.6) is 0 Å². The summed E-state index contributed by atoms with van der Waals surface area (Å²) in [5.41, 5.74) is 4.44. The molecule has 3 rings (SSSR count). The van der Waals surface area contributed by atoms with E-state index in [0.717, 1.165) is 0 Å². The summed E-state index contributed by atoms with van der Waals surface area (Å²) in [6.45, 7) is 2.08. The summed E-state index contributed by atoms with van der Waals surface area (Å²) >= 11 is 0. The van der Waals surface area contributed by atoms with Crippen LogP contribution in [0.25, 0.3) is 0 Å². The second-order valence-electron chi connectivity index (χ2n) is 4.27. The van der Waals surface area contributed by atoms with E-state index in [0.29, 0.717) is 25.9 Å². The van der Waals surface area contributed by atoms with E-state index in [1.54, 1.807) is 6.92 Å². The molecule has 5 heteroatoms. The summed E-state index contributed by atoms with van der Waals surface area (Å²) in [5.74, 6) is -0.385. The van der Waals surface area contributed by atoms with Crippen molar-refractivity contribution in [1.29, 1.82) is 0 Å². The summed E-state index contributed by atoms with van der Waals surface area (Å²) in [6, 6.07) is -0.620. The van der Waals surface area contributed by atoms with Gasteiger partial charge < -0.3 is 10.5 Å². The zero-order valence-corrected chi connectivity index (χ0v) is 8.90. The standard InChI is InChI=1S/C9H14FNO2.ClH/c1-2-13-7(12)6(11)8-3-9(10,4-8)5-8;/h6H,2-5,11H2,1H3;1H. The average molecular weight is 224 g/mol. The molecule has 0 aromatic rings. The first kappa shape index (κ1) is 11.7. The third kappa shape index (κ3) is 1.41. The molecule has 3 fully saturated rings. The molecule has 0 aromatic carbocycles. The first-order chi connectivity index (χ1) is 6.01. The Morgan fingerprint density at radius 1 is 1.57 bits per heavy atom. The largest absolute Gasteiger partial charge is 0.465 e. The number of ether oxygens (including phenoxy) is 1. The third-order valence-electron chi connectivity index (χ3n) is 3.21. The SMILES string of the molecule is CCOC(=O)C(N)C12CC(F)(C1)C2.Cl. The second kappa shape index (κ2) is 3.35. The number of alkyl halides is 1. The van der Waals surface area contributed by atoms with E-state index in [2.05, 4.69) is 0 Å². The lowest BCUT2D eigenvalue weighted by Gasteiger charge is -2.67. The normalized spacial score (nSPS) is 39.9. The molecule has 2 bridgehead atoms. The van der Waals surface area contributed by atoms with Crippen LogP contribution in [-0.4, -0.2) is 24.3 Å². The van der Waals surface area contributed by atoms with Gasteiger partial charge in [0, 0.05) is 5.41 Å². The predicted octanol–water partition coefficient (Wildman–Crippen LogP) is 1.19. The van der Waals surface area contributed by atoms with Gasteiger partial charge in [0.25, 0.3) is 0 Å². The fourth-order valence-corrected chi connectivity index (χ4v) is 2.55. The molecule has 82 valence electrons. The molecule has 3 aliphatic carbocycles. The highest BCUT2D eigenvalue weighted by molar-refractivity contribution is 5.85. The second-order valence-corrected chi connectivity index (χ2v) is 4.27. The van der Waals surface area contributed by atoms with E-state index in [9.17, 15) is 9.18 Å². The number of halogens is 2. The number of rotatable bonds is 3. The molecule has 0 saturated heterocycles. The minimum atomic E-state index is -0.996. The fourth-order valence-electron chi connectivity index (χ4n) is 2.55. The maximum absolute atomic E-state index is 13.1. The van der Waals surface area contributed by atoms with Crippen molar-refractivity contribution in [3.63, 3.8) is 0 Å². The van der Waals surface area contributed by atoms with Gasteiger partial charge in [-0.2, -0.15) is 0 Å². The number of carbonyl (C=O) groups is 1. The van der Waals surface area contributed by atoms with E-state index >= 15 is 0 Å². The van der Waals surface area contributed by atoms with Crippen LogP contribution in [0.4, 0.5) is 4.39 Å². The molecule has 0 aromatic heterocycles. The van der Waals surface area contributed by atoms with Crippen LogP contribution in [-0.2, 0) is 9.53 Å². The lowest BCUT2D eigenvalue weighted by Crippen LogP contribution is -2.72. The van der Waals surface area contributed by atoms with E-state index < -0.39 is 11.7 Å². The first-order valence-corrected chi connectivity index (χ1v) is 4.63. The van der Waals surface area contributed by atoms with Gasteiger partial charge in [0.05, 0.1) is 6.61 Å². The van der Waals surface area contributed by atoms with Crippen LogP contribution < -0.4 is 5.73 Å². The monoisotopic (exact) mass is 223 g/mol. The highest BCUT2D eigenvalue weighted by Crippen LogP contribution is 2.70. The molecule has 0 amide bonds.